The maximum atomic E-state index is 12.4. The molecule has 1 aliphatic rings. The van der Waals surface area contributed by atoms with Gasteiger partial charge in [-0.05, 0) is 38.5 Å². The number of fused-ring (bicyclic) bond motifs is 1. The first-order valence-electron chi connectivity index (χ1n) is 5.33. The van der Waals surface area contributed by atoms with E-state index in [1.165, 1.54) is 18.7 Å². The van der Waals surface area contributed by atoms with Crippen LogP contribution in [0, 0.1) is 6.92 Å². The Morgan fingerprint density at radius 3 is 2.41 bits per heavy atom. The van der Waals surface area contributed by atoms with Crippen LogP contribution < -0.4 is 4.90 Å². The fraction of sp³-hybridized carbons (Fsp3) is 0.417. The van der Waals surface area contributed by atoms with Crippen LogP contribution in [-0.4, -0.2) is 26.1 Å². The van der Waals surface area contributed by atoms with Gasteiger partial charge in [-0.3, -0.25) is 4.79 Å². The number of hydrogen-bond acceptors (Lipinski definition) is 3. The lowest BCUT2D eigenvalue weighted by Crippen LogP contribution is -2.52. The van der Waals surface area contributed by atoms with Crippen molar-refractivity contribution in [3.8, 4) is 0 Å². The lowest BCUT2D eigenvalue weighted by molar-refractivity contribution is -0.120. The van der Waals surface area contributed by atoms with Crippen LogP contribution >= 0.6 is 0 Å². The highest BCUT2D eigenvalue weighted by Crippen LogP contribution is 2.39. The molecule has 1 amide bonds. The van der Waals surface area contributed by atoms with E-state index in [0.29, 0.717) is 5.69 Å². The van der Waals surface area contributed by atoms with Crippen molar-refractivity contribution in [2.75, 3.05) is 11.9 Å². The average Bonchev–Trinajstić information content (AvgIpc) is 2.25. The molecule has 1 aliphatic heterocycles. The monoisotopic (exact) mass is 253 g/mol. The van der Waals surface area contributed by atoms with Gasteiger partial charge in [-0.15, -0.1) is 0 Å². The summed E-state index contributed by atoms with van der Waals surface area (Å²) in [7, 11) is -2.01. The summed E-state index contributed by atoms with van der Waals surface area (Å²) in [6.07, 6.45) is 0. The molecule has 5 heteroatoms. The van der Waals surface area contributed by atoms with Crippen LogP contribution in [-0.2, 0) is 14.6 Å². The summed E-state index contributed by atoms with van der Waals surface area (Å²) in [6.45, 7) is 4.73. The van der Waals surface area contributed by atoms with Gasteiger partial charge in [0, 0.05) is 7.05 Å². The molecular formula is C12H15NO3S. The third kappa shape index (κ3) is 1.42. The molecule has 17 heavy (non-hydrogen) atoms. The largest absolute Gasteiger partial charge is 0.313 e. The van der Waals surface area contributed by atoms with Gasteiger partial charge in [-0.2, -0.15) is 0 Å². The second-order valence-corrected chi connectivity index (χ2v) is 7.32. The number of hydrogen-bond donors (Lipinski definition) is 0. The number of sulfone groups is 1. The number of nitrogens with zero attached hydrogens (tertiary/aromatic N) is 1. The van der Waals surface area contributed by atoms with Gasteiger partial charge >= 0.3 is 0 Å². The van der Waals surface area contributed by atoms with Crippen LogP contribution in [0.25, 0.3) is 0 Å². The van der Waals surface area contributed by atoms with Gasteiger partial charge in [0.2, 0.25) is 5.91 Å². The Labute approximate surface area is 101 Å². The molecule has 0 spiro atoms. The first-order valence-corrected chi connectivity index (χ1v) is 6.81. The number of aryl methyl sites for hydroxylation is 1. The molecule has 0 saturated heterocycles. The van der Waals surface area contributed by atoms with E-state index in [1.54, 1.807) is 25.2 Å². The quantitative estimate of drug-likeness (QED) is 0.704. The summed E-state index contributed by atoms with van der Waals surface area (Å²) >= 11 is 0. The third-order valence-electron chi connectivity index (χ3n) is 3.26. The van der Waals surface area contributed by atoms with Gasteiger partial charge in [0.05, 0.1) is 10.6 Å². The highest BCUT2D eigenvalue weighted by molar-refractivity contribution is 7.94. The molecule has 0 aromatic heterocycles. The van der Waals surface area contributed by atoms with Gasteiger partial charge in [0.1, 0.15) is 4.75 Å². The number of benzene rings is 1. The van der Waals surface area contributed by atoms with Crippen LogP contribution in [0.15, 0.2) is 23.1 Å². The summed E-state index contributed by atoms with van der Waals surface area (Å²) in [5.74, 6) is -0.395. The standard InChI is InChI=1S/C12H15NO3S/c1-8-5-6-9-10(7-8)17(15,16)12(2,3)11(14)13(9)4/h5-7H,1-4H3. The topological polar surface area (TPSA) is 54.5 Å². The maximum absolute atomic E-state index is 12.4. The van der Waals surface area contributed by atoms with Crippen molar-refractivity contribution in [2.45, 2.75) is 30.4 Å². The van der Waals surface area contributed by atoms with E-state index in [-0.39, 0.29) is 4.90 Å². The molecule has 0 atom stereocenters. The molecule has 4 nitrogen and oxygen atoms in total. The molecule has 0 saturated carbocycles. The minimum Gasteiger partial charge on any atom is -0.313 e. The average molecular weight is 253 g/mol. The Hall–Kier alpha value is -1.36. The third-order valence-corrected chi connectivity index (χ3v) is 5.68. The number of rotatable bonds is 0. The summed E-state index contributed by atoms with van der Waals surface area (Å²) in [4.78, 5) is 13.7. The minimum absolute atomic E-state index is 0.240. The van der Waals surface area contributed by atoms with E-state index in [1.807, 2.05) is 6.92 Å². The second kappa shape index (κ2) is 3.32. The summed E-state index contributed by atoms with van der Waals surface area (Å²) < 4.78 is 23.4. The van der Waals surface area contributed by atoms with Crippen LogP contribution in [0.3, 0.4) is 0 Å². The van der Waals surface area contributed by atoms with Crippen molar-refractivity contribution in [1.29, 1.82) is 0 Å². The van der Waals surface area contributed by atoms with E-state index < -0.39 is 20.5 Å². The van der Waals surface area contributed by atoms with E-state index >= 15 is 0 Å². The summed E-state index contributed by atoms with van der Waals surface area (Å²) in [5, 5.41) is 0. The van der Waals surface area contributed by atoms with Gasteiger partial charge < -0.3 is 4.90 Å². The van der Waals surface area contributed by atoms with Gasteiger partial charge in [-0.1, -0.05) is 6.07 Å². The normalized spacial score (nSPS) is 21.2. The van der Waals surface area contributed by atoms with Crippen LogP contribution in [0.1, 0.15) is 19.4 Å². The summed E-state index contributed by atoms with van der Waals surface area (Å²) in [5.41, 5.74) is 1.32. The lowest BCUT2D eigenvalue weighted by Gasteiger charge is -2.36. The van der Waals surface area contributed by atoms with Crippen molar-refractivity contribution < 1.29 is 13.2 Å². The van der Waals surface area contributed by atoms with Crippen molar-refractivity contribution in [3.63, 3.8) is 0 Å². The molecule has 0 radical (unpaired) electrons. The van der Waals surface area contributed by atoms with Crippen molar-refractivity contribution in [2.24, 2.45) is 0 Å². The Bertz CT molecular complexity index is 602. The molecule has 92 valence electrons. The number of carbonyl (C=O) groups is 1. The molecule has 0 N–H and O–H groups in total. The van der Waals surface area contributed by atoms with E-state index in [0.717, 1.165) is 5.56 Å². The molecule has 0 unspecified atom stereocenters. The van der Waals surface area contributed by atoms with E-state index in [4.69, 9.17) is 0 Å². The fourth-order valence-corrected chi connectivity index (χ4v) is 3.75. The number of anilines is 1. The highest BCUT2D eigenvalue weighted by atomic mass is 32.2. The first kappa shape index (κ1) is 12.1. The number of carbonyl (C=O) groups excluding carboxylic acids is 1. The van der Waals surface area contributed by atoms with Crippen LogP contribution in [0.5, 0.6) is 0 Å². The molecule has 1 heterocycles. The molecule has 0 fully saturated rings. The molecule has 2 rings (SSSR count). The predicted molar refractivity (Wildman–Crippen MR) is 65.9 cm³/mol. The van der Waals surface area contributed by atoms with Crippen LogP contribution in [0.4, 0.5) is 5.69 Å². The smallest absolute Gasteiger partial charge is 0.248 e. The maximum Gasteiger partial charge on any atom is 0.248 e. The van der Waals surface area contributed by atoms with Crippen molar-refractivity contribution >= 4 is 21.4 Å². The highest BCUT2D eigenvalue weighted by Gasteiger charge is 2.49. The van der Waals surface area contributed by atoms with Gasteiger partial charge in [0.25, 0.3) is 0 Å². The van der Waals surface area contributed by atoms with E-state index in [9.17, 15) is 13.2 Å². The zero-order valence-electron chi connectivity index (χ0n) is 10.3. The molecule has 1 aromatic rings. The molecule has 1 aromatic carbocycles. The zero-order valence-corrected chi connectivity index (χ0v) is 11.1. The SMILES string of the molecule is Cc1ccc2c(c1)S(=O)(=O)C(C)(C)C(=O)N2C. The Morgan fingerprint density at radius 1 is 1.24 bits per heavy atom. The predicted octanol–water partition coefficient (Wildman–Crippen LogP) is 1.52. The zero-order chi connectivity index (χ0) is 13.0. The Balaban J connectivity index is 2.86. The second-order valence-electron chi connectivity index (χ2n) is 4.85. The van der Waals surface area contributed by atoms with Gasteiger partial charge in [0.15, 0.2) is 9.84 Å². The Morgan fingerprint density at radius 2 is 1.82 bits per heavy atom. The fourth-order valence-electron chi connectivity index (χ4n) is 2.02. The van der Waals surface area contributed by atoms with E-state index in [2.05, 4.69) is 0 Å². The number of amides is 1. The van der Waals surface area contributed by atoms with Gasteiger partial charge in [-0.25, -0.2) is 8.42 Å². The first-order chi connectivity index (χ1) is 7.69. The van der Waals surface area contributed by atoms with Crippen molar-refractivity contribution in [1.82, 2.24) is 0 Å². The van der Waals surface area contributed by atoms with Crippen LogP contribution in [0.2, 0.25) is 0 Å². The Kier molecular flexibility index (Phi) is 2.36. The van der Waals surface area contributed by atoms with Crippen molar-refractivity contribution in [3.05, 3.63) is 23.8 Å². The molecule has 0 bridgehead atoms. The molecular weight excluding hydrogens is 238 g/mol. The lowest BCUT2D eigenvalue weighted by atomic mass is 10.1. The minimum atomic E-state index is -3.62. The summed E-state index contributed by atoms with van der Waals surface area (Å²) in [6, 6.07) is 5.10. The molecule has 0 aliphatic carbocycles.